The maximum Gasteiger partial charge on any atom is 0.258 e. The van der Waals surface area contributed by atoms with Crippen LogP contribution in [-0.4, -0.2) is 35.5 Å². The van der Waals surface area contributed by atoms with Gasteiger partial charge in [0.2, 0.25) is 11.8 Å². The highest BCUT2D eigenvalue weighted by molar-refractivity contribution is 6.01. The average molecular weight is 278 g/mol. The van der Waals surface area contributed by atoms with Crippen molar-refractivity contribution in [3.8, 4) is 11.5 Å². The summed E-state index contributed by atoms with van der Waals surface area (Å²) in [5.74, 6) is -1.24. The Hall–Kier alpha value is -2.57. The smallest absolute Gasteiger partial charge is 0.258 e. The van der Waals surface area contributed by atoms with Crippen LogP contribution in [0.2, 0.25) is 0 Å². The van der Waals surface area contributed by atoms with Gasteiger partial charge in [0.1, 0.15) is 6.04 Å². The summed E-state index contributed by atoms with van der Waals surface area (Å²) in [4.78, 5) is 34.0. The molecule has 3 amide bonds. The quantitative estimate of drug-likeness (QED) is 0.655. The van der Waals surface area contributed by atoms with E-state index in [-0.39, 0.29) is 36.9 Å². The molecule has 7 heteroatoms. The topological polar surface area (TPSA) is 105 Å². The average Bonchev–Trinajstić information content (AvgIpc) is 2.41. The summed E-state index contributed by atoms with van der Waals surface area (Å²) in [5.41, 5.74) is 0. The van der Waals surface area contributed by atoms with Crippen LogP contribution in [0, 0.1) is 0 Å². The Labute approximate surface area is 114 Å². The highest BCUT2D eigenvalue weighted by Crippen LogP contribution is 2.23. The van der Waals surface area contributed by atoms with E-state index in [1.165, 1.54) is 12.1 Å². The number of phenolic OH excluding ortho intramolecular Hbond substituents is 1. The summed E-state index contributed by atoms with van der Waals surface area (Å²) >= 11 is 0. The molecule has 3 N–H and O–H groups in total. The monoisotopic (exact) mass is 278 g/mol. The SMILES string of the molecule is O=C1CCC(NC(=O)COc2ccccc2O)C(=O)N1. The molecule has 1 atom stereocenters. The van der Waals surface area contributed by atoms with Gasteiger partial charge in [0, 0.05) is 6.42 Å². The summed E-state index contributed by atoms with van der Waals surface area (Å²) in [7, 11) is 0. The summed E-state index contributed by atoms with van der Waals surface area (Å²) in [6.07, 6.45) is 0.462. The second-order valence-corrected chi connectivity index (χ2v) is 4.33. The number of ether oxygens (including phenoxy) is 1. The van der Waals surface area contributed by atoms with Crippen LogP contribution < -0.4 is 15.4 Å². The molecule has 20 heavy (non-hydrogen) atoms. The predicted octanol–water partition coefficient (Wildman–Crippen LogP) is -0.308. The number of phenols is 1. The Morgan fingerprint density at radius 2 is 2.15 bits per heavy atom. The fourth-order valence-electron chi connectivity index (χ4n) is 1.79. The van der Waals surface area contributed by atoms with Crippen LogP contribution in [0.5, 0.6) is 11.5 Å². The van der Waals surface area contributed by atoms with Crippen molar-refractivity contribution in [2.75, 3.05) is 6.61 Å². The molecule has 1 unspecified atom stereocenters. The summed E-state index contributed by atoms with van der Waals surface area (Å²) in [6, 6.07) is 5.52. The highest BCUT2D eigenvalue weighted by atomic mass is 16.5. The first-order valence-corrected chi connectivity index (χ1v) is 6.10. The second kappa shape index (κ2) is 6.05. The van der Waals surface area contributed by atoms with Gasteiger partial charge in [0.25, 0.3) is 5.91 Å². The first-order valence-electron chi connectivity index (χ1n) is 6.10. The van der Waals surface area contributed by atoms with Crippen LogP contribution in [0.4, 0.5) is 0 Å². The Kier molecular flexibility index (Phi) is 4.19. The van der Waals surface area contributed by atoms with Gasteiger partial charge in [-0.2, -0.15) is 0 Å². The number of piperidine rings is 1. The van der Waals surface area contributed by atoms with E-state index in [1.54, 1.807) is 12.1 Å². The van der Waals surface area contributed by atoms with E-state index < -0.39 is 17.9 Å². The molecule has 1 aromatic carbocycles. The van der Waals surface area contributed by atoms with E-state index in [0.29, 0.717) is 0 Å². The molecule has 1 aliphatic rings. The number of para-hydroxylation sites is 2. The predicted molar refractivity (Wildman–Crippen MR) is 67.9 cm³/mol. The molecular weight excluding hydrogens is 264 g/mol. The fraction of sp³-hybridized carbons (Fsp3) is 0.308. The van der Waals surface area contributed by atoms with Crippen molar-refractivity contribution in [2.24, 2.45) is 0 Å². The van der Waals surface area contributed by atoms with Gasteiger partial charge in [-0.25, -0.2) is 0 Å². The van der Waals surface area contributed by atoms with Gasteiger partial charge in [-0.15, -0.1) is 0 Å². The van der Waals surface area contributed by atoms with Crippen LogP contribution in [-0.2, 0) is 14.4 Å². The van der Waals surface area contributed by atoms with Crippen LogP contribution in [0.1, 0.15) is 12.8 Å². The van der Waals surface area contributed by atoms with Crippen LogP contribution in [0.15, 0.2) is 24.3 Å². The number of hydrogen-bond donors (Lipinski definition) is 3. The molecule has 0 spiro atoms. The first-order chi connectivity index (χ1) is 9.56. The molecule has 106 valence electrons. The largest absolute Gasteiger partial charge is 0.504 e. The summed E-state index contributed by atoms with van der Waals surface area (Å²) in [5, 5.41) is 14.1. The molecule has 1 saturated heterocycles. The minimum Gasteiger partial charge on any atom is -0.504 e. The van der Waals surface area contributed by atoms with Crippen LogP contribution in [0.3, 0.4) is 0 Å². The molecule has 1 aromatic rings. The molecule has 1 fully saturated rings. The van der Waals surface area contributed by atoms with Crippen LogP contribution >= 0.6 is 0 Å². The fourth-order valence-corrected chi connectivity index (χ4v) is 1.79. The van der Waals surface area contributed by atoms with Gasteiger partial charge < -0.3 is 15.2 Å². The standard InChI is InChI=1S/C13H14N2O5/c16-9-3-1-2-4-10(9)20-7-12(18)14-8-5-6-11(17)15-13(8)19/h1-4,8,16H,5-7H2,(H,14,18)(H,15,17,19). The molecule has 2 rings (SSSR count). The number of carbonyl (C=O) groups excluding carboxylic acids is 3. The van der Waals surface area contributed by atoms with E-state index in [4.69, 9.17) is 4.74 Å². The number of aromatic hydroxyl groups is 1. The third-order valence-corrected chi connectivity index (χ3v) is 2.80. The van der Waals surface area contributed by atoms with Crippen molar-refractivity contribution >= 4 is 17.7 Å². The van der Waals surface area contributed by atoms with Crippen molar-refractivity contribution in [3.63, 3.8) is 0 Å². The number of benzene rings is 1. The van der Waals surface area contributed by atoms with E-state index in [2.05, 4.69) is 10.6 Å². The third-order valence-electron chi connectivity index (χ3n) is 2.80. The van der Waals surface area contributed by atoms with Gasteiger partial charge in [-0.05, 0) is 18.6 Å². The lowest BCUT2D eigenvalue weighted by Crippen LogP contribution is -2.53. The molecule has 1 heterocycles. The third kappa shape index (κ3) is 3.47. The minimum absolute atomic E-state index is 0.0682. The van der Waals surface area contributed by atoms with Gasteiger partial charge in [-0.3, -0.25) is 19.7 Å². The van der Waals surface area contributed by atoms with E-state index in [0.717, 1.165) is 0 Å². The van der Waals surface area contributed by atoms with Crippen molar-refractivity contribution < 1.29 is 24.2 Å². The Morgan fingerprint density at radius 1 is 1.40 bits per heavy atom. The number of amides is 3. The van der Waals surface area contributed by atoms with Crippen molar-refractivity contribution in [1.82, 2.24) is 10.6 Å². The van der Waals surface area contributed by atoms with Crippen LogP contribution in [0.25, 0.3) is 0 Å². The molecule has 1 aliphatic heterocycles. The molecule has 0 radical (unpaired) electrons. The highest BCUT2D eigenvalue weighted by Gasteiger charge is 2.27. The molecule has 0 aliphatic carbocycles. The summed E-state index contributed by atoms with van der Waals surface area (Å²) in [6.45, 7) is -0.324. The normalized spacial score (nSPS) is 18.3. The lowest BCUT2D eigenvalue weighted by Gasteiger charge is -2.21. The number of hydrogen-bond acceptors (Lipinski definition) is 5. The molecular formula is C13H14N2O5. The maximum absolute atomic E-state index is 11.6. The van der Waals surface area contributed by atoms with Crippen molar-refractivity contribution in [1.29, 1.82) is 0 Å². The number of imide groups is 1. The molecule has 0 aromatic heterocycles. The van der Waals surface area contributed by atoms with E-state index in [9.17, 15) is 19.5 Å². The zero-order valence-corrected chi connectivity index (χ0v) is 10.6. The minimum atomic E-state index is -0.729. The van der Waals surface area contributed by atoms with Gasteiger partial charge in [-0.1, -0.05) is 12.1 Å². The van der Waals surface area contributed by atoms with Gasteiger partial charge in [0.15, 0.2) is 18.1 Å². The van der Waals surface area contributed by atoms with Gasteiger partial charge >= 0.3 is 0 Å². The van der Waals surface area contributed by atoms with Gasteiger partial charge in [0.05, 0.1) is 0 Å². The molecule has 0 saturated carbocycles. The number of rotatable bonds is 4. The first kappa shape index (κ1) is 13.9. The van der Waals surface area contributed by atoms with Crippen molar-refractivity contribution in [3.05, 3.63) is 24.3 Å². The summed E-state index contributed by atoms with van der Waals surface area (Å²) < 4.78 is 5.14. The van der Waals surface area contributed by atoms with E-state index >= 15 is 0 Å². The zero-order valence-electron chi connectivity index (χ0n) is 10.6. The maximum atomic E-state index is 11.6. The Morgan fingerprint density at radius 3 is 2.85 bits per heavy atom. The Balaban J connectivity index is 1.83. The number of nitrogens with one attached hydrogen (secondary N) is 2. The van der Waals surface area contributed by atoms with Crippen molar-refractivity contribution in [2.45, 2.75) is 18.9 Å². The molecule has 7 nitrogen and oxygen atoms in total. The number of carbonyl (C=O) groups is 3. The molecule has 0 bridgehead atoms. The Bertz CT molecular complexity index is 543. The lowest BCUT2D eigenvalue weighted by atomic mass is 10.1. The van der Waals surface area contributed by atoms with E-state index in [1.807, 2.05) is 0 Å². The second-order valence-electron chi connectivity index (χ2n) is 4.33. The zero-order chi connectivity index (χ0) is 14.5. The lowest BCUT2D eigenvalue weighted by molar-refractivity contribution is -0.137.